The van der Waals surface area contributed by atoms with E-state index in [4.69, 9.17) is 4.74 Å². The number of hydrogen-bond donors (Lipinski definition) is 1. The lowest BCUT2D eigenvalue weighted by atomic mass is 9.92. The molecule has 116 valence electrons. The van der Waals surface area contributed by atoms with Gasteiger partial charge in [0.25, 0.3) is 0 Å². The molecule has 1 N–H and O–H groups in total. The maximum Gasteiger partial charge on any atom is 0.125 e. The average molecular weight is 370 g/mol. The third kappa shape index (κ3) is 3.96. The van der Waals surface area contributed by atoms with E-state index in [1.54, 1.807) is 0 Å². The monoisotopic (exact) mass is 369 g/mol. The van der Waals surface area contributed by atoms with Gasteiger partial charge in [-0.15, -0.1) is 0 Å². The molecule has 0 spiro atoms. The zero-order valence-electron chi connectivity index (χ0n) is 12.6. The van der Waals surface area contributed by atoms with E-state index in [0.29, 0.717) is 12.1 Å². The first-order chi connectivity index (χ1) is 10.3. The van der Waals surface area contributed by atoms with E-state index in [-0.39, 0.29) is 0 Å². The van der Waals surface area contributed by atoms with Crippen LogP contribution in [0.25, 0.3) is 0 Å². The highest BCUT2D eigenvalue weighted by Gasteiger charge is 2.26. The van der Waals surface area contributed by atoms with Gasteiger partial charge in [0.15, 0.2) is 0 Å². The summed E-state index contributed by atoms with van der Waals surface area (Å²) < 4.78 is 7.01. The molecule has 3 rings (SSSR count). The first-order valence-corrected chi connectivity index (χ1v) is 10.1. The molecule has 1 aromatic rings. The van der Waals surface area contributed by atoms with Crippen LogP contribution in [0, 0.1) is 0 Å². The van der Waals surface area contributed by atoms with Gasteiger partial charge in [-0.05, 0) is 56.9 Å². The molecule has 2 nitrogen and oxygen atoms in total. The fourth-order valence-electron chi connectivity index (χ4n) is 3.47. The molecule has 0 saturated heterocycles. The molecule has 1 heterocycles. The molecule has 0 aromatic heterocycles. The Morgan fingerprint density at radius 1 is 1.19 bits per heavy atom. The lowest BCUT2D eigenvalue weighted by Gasteiger charge is -2.31. The maximum absolute atomic E-state index is 5.91. The molecule has 21 heavy (non-hydrogen) atoms. The Balaban J connectivity index is 1.68. The van der Waals surface area contributed by atoms with E-state index < -0.39 is 0 Å². The summed E-state index contributed by atoms with van der Waals surface area (Å²) in [6.45, 7) is 0.834. The minimum atomic E-state index is 0.450. The predicted octanol–water partition coefficient (Wildman–Crippen LogP) is 4.93. The molecule has 1 atom stereocenters. The molecule has 1 aromatic carbocycles. The molecule has 0 radical (unpaired) electrons. The van der Waals surface area contributed by atoms with Gasteiger partial charge in [-0.3, -0.25) is 0 Å². The molecule has 1 unspecified atom stereocenters. The van der Waals surface area contributed by atoms with Gasteiger partial charge in [-0.2, -0.15) is 11.8 Å². The highest BCUT2D eigenvalue weighted by Crippen LogP contribution is 2.35. The molecule has 2 aliphatic rings. The molecule has 1 aliphatic heterocycles. The van der Waals surface area contributed by atoms with Gasteiger partial charge in [-0.1, -0.05) is 22.0 Å². The summed E-state index contributed by atoms with van der Waals surface area (Å²) >= 11 is 5.58. The third-order valence-corrected chi connectivity index (χ3v) is 6.32. The van der Waals surface area contributed by atoms with Crippen molar-refractivity contribution in [1.29, 1.82) is 0 Å². The van der Waals surface area contributed by atoms with Gasteiger partial charge in [0.2, 0.25) is 0 Å². The number of thioether (sulfide) groups is 1. The number of fused-ring (bicyclic) bond motifs is 1. The van der Waals surface area contributed by atoms with Gasteiger partial charge in [0, 0.05) is 27.4 Å². The first-order valence-electron chi connectivity index (χ1n) is 7.97. The largest absolute Gasteiger partial charge is 0.493 e. The topological polar surface area (TPSA) is 21.3 Å². The Hall–Kier alpha value is -0.190. The van der Waals surface area contributed by atoms with E-state index >= 15 is 0 Å². The Kier molecular flexibility index (Phi) is 5.52. The molecule has 0 amide bonds. The molecule has 1 saturated carbocycles. The first kappa shape index (κ1) is 15.7. The zero-order valence-corrected chi connectivity index (χ0v) is 15.0. The van der Waals surface area contributed by atoms with Crippen LogP contribution in [0.3, 0.4) is 0 Å². The van der Waals surface area contributed by atoms with Crippen LogP contribution in [0.5, 0.6) is 5.75 Å². The average Bonchev–Trinajstić information content (AvgIpc) is 2.70. The van der Waals surface area contributed by atoms with E-state index in [2.05, 4.69) is 45.7 Å². The summed E-state index contributed by atoms with van der Waals surface area (Å²) in [5, 5.41) is 4.79. The third-order valence-electron chi connectivity index (χ3n) is 4.69. The quantitative estimate of drug-likeness (QED) is 0.816. The smallest absolute Gasteiger partial charge is 0.125 e. The Bertz CT molecular complexity index is 474. The molecule has 1 fully saturated rings. The highest BCUT2D eigenvalue weighted by atomic mass is 79.9. The van der Waals surface area contributed by atoms with E-state index in [1.165, 1.54) is 37.7 Å². The van der Waals surface area contributed by atoms with Crippen molar-refractivity contribution in [3.8, 4) is 5.75 Å². The molecule has 4 heteroatoms. The number of ether oxygens (including phenoxy) is 1. The second-order valence-electron chi connectivity index (χ2n) is 6.10. The number of halogens is 1. The SMILES string of the molecule is CSC1CCC(NC2CCCOc3cc(Br)ccc32)CC1. The second-order valence-corrected chi connectivity index (χ2v) is 8.16. The van der Waals surface area contributed by atoms with Crippen LogP contribution in [0.2, 0.25) is 0 Å². The Morgan fingerprint density at radius 2 is 2.00 bits per heavy atom. The van der Waals surface area contributed by atoms with Crippen LogP contribution >= 0.6 is 27.7 Å². The van der Waals surface area contributed by atoms with Gasteiger partial charge < -0.3 is 10.1 Å². The fraction of sp³-hybridized carbons (Fsp3) is 0.647. The second kappa shape index (κ2) is 7.38. The summed E-state index contributed by atoms with van der Waals surface area (Å²) in [7, 11) is 0. The Morgan fingerprint density at radius 3 is 2.76 bits per heavy atom. The van der Waals surface area contributed by atoms with Gasteiger partial charge >= 0.3 is 0 Å². The van der Waals surface area contributed by atoms with Crippen LogP contribution in [-0.4, -0.2) is 24.2 Å². The zero-order chi connectivity index (χ0) is 14.7. The van der Waals surface area contributed by atoms with Crippen LogP contribution in [-0.2, 0) is 0 Å². The van der Waals surface area contributed by atoms with Crippen LogP contribution in [0.1, 0.15) is 50.1 Å². The molecular weight excluding hydrogens is 346 g/mol. The lowest BCUT2D eigenvalue weighted by Crippen LogP contribution is -2.36. The van der Waals surface area contributed by atoms with Crippen molar-refractivity contribution in [3.63, 3.8) is 0 Å². The van der Waals surface area contributed by atoms with Crippen molar-refractivity contribution in [2.24, 2.45) is 0 Å². The van der Waals surface area contributed by atoms with E-state index in [9.17, 15) is 0 Å². The van der Waals surface area contributed by atoms with Crippen molar-refractivity contribution < 1.29 is 4.74 Å². The van der Waals surface area contributed by atoms with Crippen LogP contribution in [0.4, 0.5) is 0 Å². The van der Waals surface area contributed by atoms with E-state index in [0.717, 1.165) is 28.5 Å². The molecule has 1 aliphatic carbocycles. The van der Waals surface area contributed by atoms with Gasteiger partial charge in [0.05, 0.1) is 6.61 Å². The number of benzene rings is 1. The summed E-state index contributed by atoms with van der Waals surface area (Å²) in [5.41, 5.74) is 1.34. The summed E-state index contributed by atoms with van der Waals surface area (Å²) in [4.78, 5) is 0. The van der Waals surface area contributed by atoms with E-state index in [1.807, 2.05) is 11.8 Å². The van der Waals surface area contributed by atoms with Crippen molar-refractivity contribution in [3.05, 3.63) is 28.2 Å². The standard InChI is InChI=1S/C17H24BrNOS/c1-21-14-7-5-13(6-8-14)19-16-3-2-10-20-17-11-12(18)4-9-15(16)17/h4,9,11,13-14,16,19H,2-3,5-8,10H2,1H3. The normalized spacial score (nSPS) is 29.3. The number of nitrogens with one attached hydrogen (secondary N) is 1. The van der Waals surface area contributed by atoms with Gasteiger partial charge in [0.1, 0.15) is 5.75 Å². The summed E-state index contributed by atoms with van der Waals surface area (Å²) in [5.74, 6) is 1.05. The van der Waals surface area contributed by atoms with Crippen molar-refractivity contribution in [2.45, 2.75) is 55.9 Å². The number of rotatable bonds is 3. The predicted molar refractivity (Wildman–Crippen MR) is 94.3 cm³/mol. The molecular formula is C17H24BrNOS. The molecule has 0 bridgehead atoms. The fourth-order valence-corrected chi connectivity index (χ4v) is 4.55. The summed E-state index contributed by atoms with van der Waals surface area (Å²) in [6.07, 6.45) is 9.89. The van der Waals surface area contributed by atoms with Crippen LogP contribution in [0.15, 0.2) is 22.7 Å². The Labute approximate surface area is 140 Å². The van der Waals surface area contributed by atoms with Crippen molar-refractivity contribution in [1.82, 2.24) is 5.32 Å². The minimum Gasteiger partial charge on any atom is -0.493 e. The van der Waals surface area contributed by atoms with Crippen molar-refractivity contribution in [2.75, 3.05) is 12.9 Å². The lowest BCUT2D eigenvalue weighted by molar-refractivity contribution is 0.309. The van der Waals surface area contributed by atoms with Gasteiger partial charge in [-0.25, -0.2) is 0 Å². The van der Waals surface area contributed by atoms with Crippen molar-refractivity contribution >= 4 is 27.7 Å². The minimum absolute atomic E-state index is 0.450. The highest BCUT2D eigenvalue weighted by molar-refractivity contribution is 9.10. The number of hydrogen-bond acceptors (Lipinski definition) is 3. The maximum atomic E-state index is 5.91. The van der Waals surface area contributed by atoms with Crippen LogP contribution < -0.4 is 10.1 Å². The summed E-state index contributed by atoms with van der Waals surface area (Å²) in [6, 6.07) is 7.59.